The molecule has 0 saturated carbocycles. The number of amides is 2. The summed E-state index contributed by atoms with van der Waals surface area (Å²) < 4.78 is 6.06. The number of hydrogen-bond acceptors (Lipinski definition) is 4. The minimum absolute atomic E-state index is 0.0729. The van der Waals surface area contributed by atoms with E-state index in [1.165, 1.54) is 6.07 Å². The highest BCUT2D eigenvalue weighted by Gasteiger charge is 2.64. The first kappa shape index (κ1) is 23.5. The molecule has 1 atom stereocenters. The van der Waals surface area contributed by atoms with Gasteiger partial charge in [0.15, 0.2) is 11.0 Å². The van der Waals surface area contributed by atoms with Crippen LogP contribution >= 0.6 is 11.6 Å². The zero-order valence-electron chi connectivity index (χ0n) is 20.6. The number of nitrogens with zero attached hydrogens (tertiary/aromatic N) is 2. The Balaban J connectivity index is 1.64. The molecule has 37 heavy (non-hydrogen) atoms. The maximum atomic E-state index is 14.6. The SMILES string of the molecule is CCCCN1C(=O)c2oc3ccc(Cl)cc3c(=O)c2C12C(=O)N(Cc1ccc(C)cc1)c1ccccc12. The van der Waals surface area contributed by atoms with Crippen LogP contribution in [0.3, 0.4) is 0 Å². The predicted octanol–water partition coefficient (Wildman–Crippen LogP) is 5.80. The number of carbonyl (C=O) groups excluding carboxylic acids is 2. The van der Waals surface area contributed by atoms with Crippen molar-refractivity contribution >= 4 is 40.1 Å². The summed E-state index contributed by atoms with van der Waals surface area (Å²) in [5.74, 6) is -0.847. The first-order valence-corrected chi connectivity index (χ1v) is 12.8. The number of unbranched alkanes of at least 4 members (excludes halogenated alkanes) is 1. The number of benzene rings is 3. The fourth-order valence-corrected chi connectivity index (χ4v) is 5.78. The molecule has 2 amide bonds. The van der Waals surface area contributed by atoms with Gasteiger partial charge in [0.2, 0.25) is 5.76 Å². The van der Waals surface area contributed by atoms with E-state index in [0.29, 0.717) is 35.8 Å². The average molecular weight is 513 g/mol. The van der Waals surface area contributed by atoms with Crippen molar-refractivity contribution in [1.29, 1.82) is 0 Å². The van der Waals surface area contributed by atoms with E-state index in [9.17, 15) is 14.4 Å². The summed E-state index contributed by atoms with van der Waals surface area (Å²) >= 11 is 6.22. The molecule has 3 heterocycles. The van der Waals surface area contributed by atoms with Gasteiger partial charge >= 0.3 is 0 Å². The lowest BCUT2D eigenvalue weighted by Gasteiger charge is -2.34. The van der Waals surface area contributed by atoms with E-state index in [1.807, 2.05) is 62.4 Å². The molecule has 186 valence electrons. The van der Waals surface area contributed by atoms with E-state index >= 15 is 0 Å². The van der Waals surface area contributed by atoms with Crippen molar-refractivity contribution in [1.82, 2.24) is 4.90 Å². The molecule has 0 N–H and O–H groups in total. The molecule has 0 radical (unpaired) electrons. The number of hydrogen-bond donors (Lipinski definition) is 0. The average Bonchev–Trinajstić information content (AvgIpc) is 3.29. The van der Waals surface area contributed by atoms with Gasteiger partial charge in [-0.05, 0) is 43.2 Å². The Morgan fingerprint density at radius 2 is 1.73 bits per heavy atom. The molecular weight excluding hydrogens is 488 g/mol. The Hall–Kier alpha value is -3.90. The van der Waals surface area contributed by atoms with E-state index in [-0.39, 0.29) is 28.2 Å². The summed E-state index contributed by atoms with van der Waals surface area (Å²) in [7, 11) is 0. The number of carbonyl (C=O) groups is 2. The monoisotopic (exact) mass is 512 g/mol. The lowest BCUT2D eigenvalue weighted by Crippen LogP contribution is -2.53. The van der Waals surface area contributed by atoms with Crippen molar-refractivity contribution in [2.24, 2.45) is 0 Å². The van der Waals surface area contributed by atoms with Crippen molar-refractivity contribution in [3.05, 3.63) is 110 Å². The number of anilines is 1. The lowest BCUT2D eigenvalue weighted by atomic mass is 9.84. The van der Waals surface area contributed by atoms with E-state index in [4.69, 9.17) is 16.0 Å². The van der Waals surface area contributed by atoms with Crippen LogP contribution in [0.5, 0.6) is 0 Å². The van der Waals surface area contributed by atoms with Crippen LogP contribution < -0.4 is 10.3 Å². The molecule has 4 aromatic rings. The minimum atomic E-state index is -1.60. The minimum Gasteiger partial charge on any atom is -0.450 e. The van der Waals surface area contributed by atoms with Crippen LogP contribution in [0.1, 0.15) is 52.6 Å². The topological polar surface area (TPSA) is 70.8 Å². The number of para-hydroxylation sites is 1. The third-order valence-corrected chi connectivity index (χ3v) is 7.63. The summed E-state index contributed by atoms with van der Waals surface area (Å²) in [6, 6.07) is 20.1. The molecule has 1 aromatic heterocycles. The second kappa shape index (κ2) is 8.60. The Morgan fingerprint density at radius 3 is 2.49 bits per heavy atom. The molecule has 2 aliphatic heterocycles. The first-order chi connectivity index (χ1) is 17.9. The molecule has 0 aliphatic carbocycles. The number of rotatable bonds is 5. The number of halogens is 1. The second-order valence-corrected chi connectivity index (χ2v) is 10.1. The molecule has 7 heteroatoms. The Morgan fingerprint density at radius 1 is 0.973 bits per heavy atom. The summed E-state index contributed by atoms with van der Waals surface area (Å²) in [6.45, 7) is 4.66. The lowest BCUT2D eigenvalue weighted by molar-refractivity contribution is -0.126. The summed E-state index contributed by atoms with van der Waals surface area (Å²) in [5, 5.41) is 0.623. The van der Waals surface area contributed by atoms with Crippen molar-refractivity contribution < 1.29 is 14.0 Å². The highest BCUT2D eigenvalue weighted by molar-refractivity contribution is 6.31. The van der Waals surface area contributed by atoms with Gasteiger partial charge in [-0.2, -0.15) is 0 Å². The highest BCUT2D eigenvalue weighted by Crippen LogP contribution is 2.53. The Kier molecular flexibility index (Phi) is 5.46. The molecule has 1 unspecified atom stereocenters. The van der Waals surface area contributed by atoms with Crippen LogP contribution in [-0.2, 0) is 16.9 Å². The molecule has 0 fully saturated rings. The van der Waals surface area contributed by atoms with Gasteiger partial charge in [0.1, 0.15) is 5.58 Å². The van der Waals surface area contributed by atoms with Crippen LogP contribution in [0, 0.1) is 6.92 Å². The third-order valence-electron chi connectivity index (χ3n) is 7.39. The maximum absolute atomic E-state index is 14.6. The van der Waals surface area contributed by atoms with Gasteiger partial charge in [-0.25, -0.2) is 0 Å². The molecule has 2 aliphatic rings. The zero-order chi connectivity index (χ0) is 25.9. The van der Waals surface area contributed by atoms with Crippen LogP contribution in [0.4, 0.5) is 5.69 Å². The van der Waals surface area contributed by atoms with E-state index in [2.05, 4.69) is 0 Å². The van der Waals surface area contributed by atoms with Gasteiger partial charge < -0.3 is 14.2 Å². The summed E-state index contributed by atoms with van der Waals surface area (Å²) in [4.78, 5) is 45.8. The van der Waals surface area contributed by atoms with Gasteiger partial charge in [-0.1, -0.05) is 73.0 Å². The largest absolute Gasteiger partial charge is 0.450 e. The molecule has 1 spiro atoms. The van der Waals surface area contributed by atoms with Crippen molar-refractivity contribution in [3.8, 4) is 0 Å². The highest BCUT2D eigenvalue weighted by atomic mass is 35.5. The van der Waals surface area contributed by atoms with Crippen LogP contribution in [0.25, 0.3) is 11.0 Å². The van der Waals surface area contributed by atoms with Gasteiger partial charge in [0, 0.05) is 17.1 Å². The third kappa shape index (κ3) is 3.28. The predicted molar refractivity (Wildman–Crippen MR) is 143 cm³/mol. The summed E-state index contributed by atoms with van der Waals surface area (Å²) in [5.41, 5.74) is 1.71. The first-order valence-electron chi connectivity index (χ1n) is 12.4. The maximum Gasteiger partial charge on any atom is 0.291 e. The standard InChI is InChI=1S/C30H25ClN2O4/c1-3-4-15-33-28(35)27-25(26(34)21-16-20(31)13-14-24(21)37-27)30(33)22-7-5-6-8-23(22)32(29(30)36)17-19-11-9-18(2)10-12-19/h5-14,16H,3-4,15,17H2,1-2H3. The summed E-state index contributed by atoms with van der Waals surface area (Å²) in [6.07, 6.45) is 1.49. The normalized spacial score (nSPS) is 18.2. The Labute approximate surface area is 219 Å². The van der Waals surface area contributed by atoms with E-state index < -0.39 is 16.9 Å². The molecule has 6 rings (SSSR count). The fourth-order valence-electron chi connectivity index (χ4n) is 5.61. The van der Waals surface area contributed by atoms with Crippen LogP contribution in [0.2, 0.25) is 5.02 Å². The van der Waals surface area contributed by atoms with Crippen LogP contribution in [-0.4, -0.2) is 23.3 Å². The van der Waals surface area contributed by atoms with Gasteiger partial charge in [-0.15, -0.1) is 0 Å². The Bertz CT molecular complexity index is 1640. The van der Waals surface area contributed by atoms with Crippen molar-refractivity contribution in [3.63, 3.8) is 0 Å². The second-order valence-electron chi connectivity index (χ2n) is 9.69. The molecule has 0 bridgehead atoms. The molecule has 0 saturated heterocycles. The number of aryl methyl sites for hydroxylation is 1. The number of fused-ring (bicyclic) bond motifs is 5. The zero-order valence-corrected chi connectivity index (χ0v) is 21.3. The van der Waals surface area contributed by atoms with E-state index in [1.54, 1.807) is 21.9 Å². The molecular formula is C30H25ClN2O4. The van der Waals surface area contributed by atoms with Gasteiger partial charge in [0.05, 0.1) is 23.2 Å². The molecule has 3 aromatic carbocycles. The van der Waals surface area contributed by atoms with Gasteiger partial charge in [0.25, 0.3) is 11.8 Å². The molecule has 6 nitrogen and oxygen atoms in total. The van der Waals surface area contributed by atoms with Crippen molar-refractivity contribution in [2.45, 2.75) is 38.8 Å². The quantitative estimate of drug-likeness (QED) is 0.339. The van der Waals surface area contributed by atoms with Gasteiger partial charge in [-0.3, -0.25) is 14.4 Å². The van der Waals surface area contributed by atoms with E-state index in [0.717, 1.165) is 17.5 Å². The van der Waals surface area contributed by atoms with Crippen molar-refractivity contribution in [2.75, 3.05) is 11.4 Å². The smallest absolute Gasteiger partial charge is 0.291 e. The van der Waals surface area contributed by atoms with Crippen LogP contribution in [0.15, 0.2) is 75.9 Å². The fraction of sp³-hybridized carbons (Fsp3) is 0.233.